The highest BCUT2D eigenvalue weighted by Crippen LogP contribution is 2.55. The SMILES string of the molecule is COc1cccc(NC(=O)[C@@H]2[C@@H]3C=C[C@]4(O3)[C@@H]2C(=O)N(CCN2CCCCCC2)[C@H]4C(=O)N[C@H]2CCCC[C@@H]2C)c1. The number of nitrogens with zero attached hydrogens (tertiary/aromatic N) is 2. The zero-order valence-corrected chi connectivity index (χ0v) is 24.3. The highest BCUT2D eigenvalue weighted by molar-refractivity contribution is 6.02. The molecule has 6 rings (SSSR count). The van der Waals surface area contributed by atoms with Gasteiger partial charge in [0.25, 0.3) is 0 Å². The van der Waals surface area contributed by atoms with Gasteiger partial charge < -0.3 is 29.9 Å². The molecule has 0 aromatic heterocycles. The molecule has 7 atom stereocenters. The van der Waals surface area contributed by atoms with E-state index in [0.717, 1.165) is 45.2 Å². The summed E-state index contributed by atoms with van der Waals surface area (Å²) < 4.78 is 11.8. The van der Waals surface area contributed by atoms with E-state index in [1.165, 1.54) is 19.3 Å². The van der Waals surface area contributed by atoms with Crippen molar-refractivity contribution < 1.29 is 23.9 Å². The second kappa shape index (κ2) is 11.8. The summed E-state index contributed by atoms with van der Waals surface area (Å²) in [5, 5.41) is 6.30. The lowest BCUT2D eigenvalue weighted by atomic mass is 9.74. The maximum Gasteiger partial charge on any atom is 0.246 e. The highest BCUT2D eigenvalue weighted by Gasteiger charge is 2.72. The number of anilines is 1. The van der Waals surface area contributed by atoms with E-state index in [-0.39, 0.29) is 23.8 Å². The third kappa shape index (κ3) is 5.27. The van der Waals surface area contributed by atoms with Crippen LogP contribution in [-0.4, -0.2) is 84.6 Å². The minimum Gasteiger partial charge on any atom is -0.497 e. The van der Waals surface area contributed by atoms with E-state index in [1.54, 1.807) is 24.1 Å². The van der Waals surface area contributed by atoms with E-state index >= 15 is 0 Å². The number of hydrogen-bond acceptors (Lipinski definition) is 6. The van der Waals surface area contributed by atoms with E-state index in [4.69, 9.17) is 9.47 Å². The molecule has 222 valence electrons. The Morgan fingerprint density at radius 1 is 1.05 bits per heavy atom. The Hall–Kier alpha value is -2.91. The second-order valence-corrected chi connectivity index (χ2v) is 12.6. The first kappa shape index (κ1) is 28.2. The van der Waals surface area contributed by atoms with Crippen LogP contribution < -0.4 is 15.4 Å². The van der Waals surface area contributed by atoms with Gasteiger partial charge in [-0.05, 0) is 56.8 Å². The van der Waals surface area contributed by atoms with Crippen LogP contribution in [0.3, 0.4) is 0 Å². The van der Waals surface area contributed by atoms with E-state index in [2.05, 4.69) is 22.5 Å². The molecule has 4 heterocycles. The van der Waals surface area contributed by atoms with Gasteiger partial charge in [-0.2, -0.15) is 0 Å². The maximum atomic E-state index is 14.3. The zero-order chi connectivity index (χ0) is 28.6. The van der Waals surface area contributed by atoms with Crippen LogP contribution in [-0.2, 0) is 19.1 Å². The predicted molar refractivity (Wildman–Crippen MR) is 155 cm³/mol. The van der Waals surface area contributed by atoms with Gasteiger partial charge in [0.05, 0.1) is 25.0 Å². The highest BCUT2D eigenvalue weighted by atomic mass is 16.5. The van der Waals surface area contributed by atoms with E-state index < -0.39 is 29.6 Å². The maximum absolute atomic E-state index is 14.3. The van der Waals surface area contributed by atoms with Crippen molar-refractivity contribution in [2.75, 3.05) is 38.6 Å². The molecule has 1 aliphatic carbocycles. The van der Waals surface area contributed by atoms with Crippen LogP contribution in [0.1, 0.15) is 58.3 Å². The molecule has 41 heavy (non-hydrogen) atoms. The molecule has 4 aliphatic heterocycles. The Morgan fingerprint density at radius 2 is 1.83 bits per heavy atom. The number of methoxy groups -OCH3 is 1. The van der Waals surface area contributed by atoms with Crippen molar-refractivity contribution in [2.45, 2.75) is 82.1 Å². The van der Waals surface area contributed by atoms with Gasteiger partial charge in [-0.1, -0.05) is 50.8 Å². The number of rotatable bonds is 8. The van der Waals surface area contributed by atoms with Crippen LogP contribution in [0.4, 0.5) is 5.69 Å². The van der Waals surface area contributed by atoms with Gasteiger partial charge in [0.1, 0.15) is 17.4 Å². The number of carbonyl (C=O) groups is 3. The summed E-state index contributed by atoms with van der Waals surface area (Å²) in [7, 11) is 1.58. The molecule has 0 unspecified atom stereocenters. The van der Waals surface area contributed by atoms with Crippen molar-refractivity contribution in [1.29, 1.82) is 0 Å². The van der Waals surface area contributed by atoms with Crippen molar-refractivity contribution >= 4 is 23.4 Å². The monoisotopic (exact) mass is 564 g/mol. The van der Waals surface area contributed by atoms with Crippen LogP contribution >= 0.6 is 0 Å². The number of likely N-dealkylation sites (tertiary alicyclic amines) is 2. The standard InChI is InChI=1S/C32H44N4O5/c1-21-10-5-6-13-24(21)34-30(38)28-32-15-14-25(41-32)26(29(37)33-22-11-9-12-23(20-22)40-2)27(32)31(39)36(28)19-18-35-16-7-3-4-8-17-35/h9,11-12,14-15,20-21,24-28H,3-8,10,13,16-19H2,1-2H3,(H,33,37)(H,34,38)/t21-,24-,25-,26+,27-,28-,32-/m0/s1. The lowest BCUT2D eigenvalue weighted by Crippen LogP contribution is -2.58. The average molecular weight is 565 g/mol. The minimum atomic E-state index is -1.14. The first-order valence-corrected chi connectivity index (χ1v) is 15.6. The average Bonchev–Trinajstić information content (AvgIpc) is 3.52. The third-order valence-corrected chi connectivity index (χ3v) is 10.1. The minimum absolute atomic E-state index is 0.0870. The third-order valence-electron chi connectivity index (χ3n) is 10.1. The van der Waals surface area contributed by atoms with Crippen LogP contribution in [0.15, 0.2) is 36.4 Å². The van der Waals surface area contributed by atoms with E-state index in [0.29, 0.717) is 30.4 Å². The van der Waals surface area contributed by atoms with Gasteiger partial charge in [0.15, 0.2) is 0 Å². The molecule has 3 amide bonds. The molecule has 9 heteroatoms. The van der Waals surface area contributed by atoms with Crippen molar-refractivity contribution in [3.8, 4) is 5.75 Å². The largest absolute Gasteiger partial charge is 0.497 e. The first-order chi connectivity index (χ1) is 19.9. The fraction of sp³-hybridized carbons (Fsp3) is 0.656. The summed E-state index contributed by atoms with van der Waals surface area (Å²) in [6.45, 7) is 5.38. The molecule has 5 aliphatic rings. The predicted octanol–water partition coefficient (Wildman–Crippen LogP) is 3.36. The van der Waals surface area contributed by atoms with Crippen LogP contribution in [0.5, 0.6) is 5.75 Å². The smallest absolute Gasteiger partial charge is 0.246 e. The summed E-state index contributed by atoms with van der Waals surface area (Å²) >= 11 is 0. The quantitative estimate of drug-likeness (QED) is 0.470. The Labute approximate surface area is 243 Å². The summed E-state index contributed by atoms with van der Waals surface area (Å²) in [6.07, 6.45) is 12.3. The molecular weight excluding hydrogens is 520 g/mol. The van der Waals surface area contributed by atoms with Crippen molar-refractivity contribution in [3.63, 3.8) is 0 Å². The van der Waals surface area contributed by atoms with E-state index in [1.807, 2.05) is 24.3 Å². The van der Waals surface area contributed by atoms with E-state index in [9.17, 15) is 14.4 Å². The number of benzene rings is 1. The fourth-order valence-electron chi connectivity index (χ4n) is 7.84. The number of fused-ring (bicyclic) bond motifs is 1. The van der Waals surface area contributed by atoms with Gasteiger partial charge in [0.2, 0.25) is 17.7 Å². The lowest BCUT2D eigenvalue weighted by molar-refractivity contribution is -0.141. The number of nitrogens with one attached hydrogen (secondary N) is 2. The molecule has 9 nitrogen and oxygen atoms in total. The van der Waals surface area contributed by atoms with Crippen LogP contribution in [0.2, 0.25) is 0 Å². The Balaban J connectivity index is 1.27. The Morgan fingerprint density at radius 3 is 2.59 bits per heavy atom. The Bertz CT molecular complexity index is 1180. The van der Waals surface area contributed by atoms with Gasteiger partial charge in [-0.15, -0.1) is 0 Å². The second-order valence-electron chi connectivity index (χ2n) is 12.6. The number of ether oxygens (including phenoxy) is 2. The molecule has 1 spiro atoms. The molecule has 1 aromatic carbocycles. The molecule has 0 radical (unpaired) electrons. The lowest BCUT2D eigenvalue weighted by Gasteiger charge is -2.36. The molecule has 2 N–H and O–H groups in total. The Kier molecular flexibility index (Phi) is 8.10. The molecule has 1 saturated carbocycles. The zero-order valence-electron chi connectivity index (χ0n) is 24.3. The molecule has 4 fully saturated rings. The topological polar surface area (TPSA) is 100 Å². The molecular formula is C32H44N4O5. The molecule has 2 bridgehead atoms. The number of hydrogen-bond donors (Lipinski definition) is 2. The van der Waals surface area contributed by atoms with Crippen molar-refractivity contribution in [3.05, 3.63) is 36.4 Å². The van der Waals surface area contributed by atoms with Crippen molar-refractivity contribution in [1.82, 2.24) is 15.1 Å². The van der Waals surface area contributed by atoms with Gasteiger partial charge >= 0.3 is 0 Å². The first-order valence-electron chi connectivity index (χ1n) is 15.6. The fourth-order valence-corrected chi connectivity index (χ4v) is 7.84. The summed E-state index contributed by atoms with van der Waals surface area (Å²) in [4.78, 5) is 46.3. The van der Waals surface area contributed by atoms with Crippen molar-refractivity contribution in [2.24, 2.45) is 17.8 Å². The van der Waals surface area contributed by atoms with Gasteiger partial charge in [-0.25, -0.2) is 0 Å². The molecule has 3 saturated heterocycles. The van der Waals surface area contributed by atoms with Gasteiger partial charge in [-0.3, -0.25) is 14.4 Å². The summed E-state index contributed by atoms with van der Waals surface area (Å²) in [5.41, 5.74) is -0.543. The molecule has 1 aromatic rings. The summed E-state index contributed by atoms with van der Waals surface area (Å²) in [5.74, 6) is -1.03. The van der Waals surface area contributed by atoms with Crippen LogP contribution in [0.25, 0.3) is 0 Å². The van der Waals surface area contributed by atoms with Gasteiger partial charge in [0, 0.05) is 30.9 Å². The number of amides is 3. The normalized spacial score (nSPS) is 34.8. The van der Waals surface area contributed by atoms with Crippen LogP contribution in [0, 0.1) is 17.8 Å². The number of carbonyl (C=O) groups excluding carboxylic acids is 3. The summed E-state index contributed by atoms with van der Waals surface area (Å²) in [6, 6.07) is 6.47.